The molecule has 0 spiro atoms. The van der Waals surface area contributed by atoms with Crippen LogP contribution in [0.4, 0.5) is 79.0 Å². The smallest absolute Gasteiger partial charge is 0.421 e. The standard InChI is InChI=1S/C9H17N2O.C8H15N2.C2HF6NO4S2.2C2F6NO4S2/c1-2-3-4-10-5-6-11(9-10)7-8-12;1-3-4-5-10-7-6-9(2)8-10;3*3-1(4,5)14(10,11)9-15(12,13)2(6,7)8/h5-6,9,12H,2-4,7-8H2,1H3;6-8H,3-5H2,1-2H3;9H;;/q2*+1;;2*-1. The first-order valence-corrected chi connectivity index (χ1v) is 24.9. The highest BCUT2D eigenvalue weighted by atomic mass is 32.3. The van der Waals surface area contributed by atoms with Crippen LogP contribution in [0.5, 0.6) is 0 Å². The fourth-order valence-electron chi connectivity index (χ4n) is 2.80. The molecule has 0 radical (unpaired) electrons. The summed E-state index contributed by atoms with van der Waals surface area (Å²) in [6.45, 7) is 7.53. The Kier molecular flexibility index (Phi) is 25.4. The summed E-state index contributed by atoms with van der Waals surface area (Å²) in [5.41, 5.74) is -37.1. The van der Waals surface area contributed by atoms with Gasteiger partial charge in [0.05, 0.1) is 26.7 Å². The minimum Gasteiger partial charge on any atom is -0.421 e. The number of hydrogen-bond donors (Lipinski definition) is 2. The van der Waals surface area contributed by atoms with Crippen LogP contribution >= 0.6 is 0 Å². The first-order chi connectivity index (χ1) is 29.3. The van der Waals surface area contributed by atoms with Crippen LogP contribution in [-0.4, -0.2) is 104 Å². The number of imidazole rings is 2. The van der Waals surface area contributed by atoms with Gasteiger partial charge in [-0.25, -0.2) is 68.8 Å². The lowest BCUT2D eigenvalue weighted by Gasteiger charge is -2.22. The highest BCUT2D eigenvalue weighted by Gasteiger charge is 2.55. The zero-order chi connectivity index (χ0) is 54.3. The molecule has 0 amide bonds. The zero-order valence-electron chi connectivity index (χ0n) is 32.9. The Labute approximate surface area is 367 Å². The monoisotopic (exact) mass is 1150 g/mol. The van der Waals surface area contributed by atoms with Gasteiger partial charge in [0.1, 0.15) is 31.3 Å². The lowest BCUT2D eigenvalue weighted by Crippen LogP contribution is -2.45. The van der Waals surface area contributed by atoms with E-state index in [0.29, 0.717) is 6.54 Å². The Hall–Kier alpha value is -3.30. The van der Waals surface area contributed by atoms with E-state index in [2.05, 4.69) is 46.3 Å². The van der Waals surface area contributed by atoms with Crippen LogP contribution in [-0.2, 0) is 86.8 Å². The van der Waals surface area contributed by atoms with E-state index >= 15 is 0 Å². The molecule has 2 rings (SSSR count). The van der Waals surface area contributed by atoms with Crippen molar-refractivity contribution < 1.29 is 144 Å². The van der Waals surface area contributed by atoms with Gasteiger partial charge in [-0.1, -0.05) is 30.8 Å². The third-order valence-corrected chi connectivity index (χ3v) is 14.3. The highest BCUT2D eigenvalue weighted by molar-refractivity contribution is 8.13. The summed E-state index contributed by atoms with van der Waals surface area (Å²) in [5.74, 6) is 0. The van der Waals surface area contributed by atoms with Gasteiger partial charge >= 0.3 is 53.1 Å². The third-order valence-electron chi connectivity index (χ3n) is 5.86. The lowest BCUT2D eigenvalue weighted by molar-refractivity contribution is -0.696. The number of hydrogen-bond acceptors (Lipinski definition) is 13. The van der Waals surface area contributed by atoms with Gasteiger partial charge < -0.3 is 13.4 Å². The second-order valence-corrected chi connectivity index (χ2v) is 21.9. The van der Waals surface area contributed by atoms with E-state index in [9.17, 15) is 130 Å². The summed E-state index contributed by atoms with van der Waals surface area (Å²) in [7, 11) is -38.0. The van der Waals surface area contributed by atoms with Crippen LogP contribution in [0.15, 0.2) is 37.4 Å². The fraction of sp³-hybridized carbons (Fsp3) is 0.739. The molecule has 0 saturated heterocycles. The fourth-order valence-corrected chi connectivity index (χ4v) is 8.13. The van der Waals surface area contributed by atoms with Crippen molar-refractivity contribution in [3.8, 4) is 0 Å². The number of aromatic nitrogens is 4. The molecule has 20 nitrogen and oxygen atoms in total. The second kappa shape index (κ2) is 25.0. The molecule has 2 heterocycles. The first kappa shape index (κ1) is 68.0. The summed E-state index contributed by atoms with van der Waals surface area (Å²) in [5, 5.41) is 8.67. The molecule has 2 aromatic rings. The molecule has 67 heavy (non-hydrogen) atoms. The van der Waals surface area contributed by atoms with Crippen LogP contribution in [0.2, 0.25) is 0 Å². The van der Waals surface area contributed by atoms with E-state index in [4.69, 9.17) is 5.11 Å². The molecule has 0 fully saturated rings. The van der Waals surface area contributed by atoms with Crippen molar-refractivity contribution in [1.29, 1.82) is 0 Å². The van der Waals surface area contributed by atoms with E-state index in [0.717, 1.165) is 21.3 Å². The molecule has 400 valence electrons. The molecule has 0 aliphatic rings. The van der Waals surface area contributed by atoms with Crippen LogP contribution in [0.25, 0.3) is 8.25 Å². The second-order valence-electron chi connectivity index (χ2n) is 11.5. The quantitative estimate of drug-likeness (QED) is 0.200. The molecule has 2 N–H and O–H groups in total. The Morgan fingerprint density at radius 3 is 1.06 bits per heavy atom. The summed E-state index contributed by atoms with van der Waals surface area (Å²) in [6, 6.07) is 0. The van der Waals surface area contributed by atoms with Crippen molar-refractivity contribution in [1.82, 2.24) is 13.3 Å². The predicted molar refractivity (Wildman–Crippen MR) is 187 cm³/mol. The van der Waals surface area contributed by atoms with Gasteiger partial charge in [-0.05, 0) is 12.8 Å². The third kappa shape index (κ3) is 24.2. The molecule has 44 heteroatoms. The van der Waals surface area contributed by atoms with Crippen molar-refractivity contribution in [2.24, 2.45) is 7.05 Å². The van der Waals surface area contributed by atoms with E-state index < -0.39 is 97.3 Å². The van der Waals surface area contributed by atoms with Gasteiger partial charge in [0, 0.05) is 0 Å². The molecule has 0 aliphatic carbocycles. The molecule has 0 aliphatic heterocycles. The number of nitrogens with zero attached hydrogens (tertiary/aromatic N) is 6. The summed E-state index contributed by atoms with van der Waals surface area (Å²) in [6.07, 6.45) is 17.3. The average Bonchev–Trinajstić information content (AvgIpc) is 3.71. The Bertz CT molecular complexity index is 2180. The first-order valence-electron chi connectivity index (χ1n) is 16.1. The van der Waals surface area contributed by atoms with Crippen molar-refractivity contribution in [3.63, 3.8) is 0 Å². The van der Waals surface area contributed by atoms with Gasteiger partial charge in [-0.3, -0.25) is 0 Å². The van der Waals surface area contributed by atoms with Gasteiger partial charge in [-0.2, -0.15) is 79.0 Å². The number of sulfonamides is 6. The topological polar surface area (TPSA) is 283 Å². The minimum absolute atomic E-state index is 0.211. The van der Waals surface area contributed by atoms with Crippen LogP contribution in [0.1, 0.15) is 39.5 Å². The summed E-state index contributed by atoms with van der Waals surface area (Å²) < 4.78 is 335. The molecule has 0 unspecified atom stereocenters. The van der Waals surface area contributed by atoms with Crippen LogP contribution in [0.3, 0.4) is 0 Å². The Morgan fingerprint density at radius 2 is 0.806 bits per heavy atom. The van der Waals surface area contributed by atoms with E-state index in [1.165, 1.54) is 25.7 Å². The van der Waals surface area contributed by atoms with Crippen molar-refractivity contribution >= 4 is 60.1 Å². The molecule has 0 saturated carbocycles. The maximum absolute atomic E-state index is 11.5. The van der Waals surface area contributed by atoms with E-state index in [-0.39, 0.29) is 6.61 Å². The molecule has 0 aromatic carbocycles. The number of halogens is 18. The van der Waals surface area contributed by atoms with Crippen molar-refractivity contribution in [2.45, 2.75) is 92.2 Å². The Balaban J connectivity index is -0.000000769. The van der Waals surface area contributed by atoms with Crippen LogP contribution < -0.4 is 13.3 Å². The predicted octanol–water partition coefficient (Wildman–Crippen LogP) is 4.07. The number of rotatable bonds is 14. The summed E-state index contributed by atoms with van der Waals surface area (Å²) >= 11 is 0. The molecule has 0 bridgehead atoms. The number of unbranched alkanes of at least 4 members (excludes halogenated alkanes) is 2. The molecular formula is C23H33F18N7O13S6. The lowest BCUT2D eigenvalue weighted by atomic mass is 10.3. The largest absolute Gasteiger partial charge is 0.512 e. The number of aliphatic hydroxyl groups excluding tert-OH is 1. The SMILES string of the molecule is CCCC[n+]1ccn(CCO)c1.CCCCn1cc[n+](C)c1.O=S(=O)(NS(=O)(=O)C(F)(F)F)C(F)(F)F.O=S(=O)([N-]S(=O)(=O)C(F)(F)F)C(F)(F)F.O=S(=O)([N-]S(=O)(=O)C(F)(F)F)C(F)(F)F. The molecule has 2 aromatic heterocycles. The van der Waals surface area contributed by atoms with Gasteiger partial charge in [-0.15, -0.1) is 0 Å². The highest BCUT2D eigenvalue weighted by Crippen LogP contribution is 2.37. The van der Waals surface area contributed by atoms with Gasteiger partial charge in [0.2, 0.25) is 12.7 Å². The summed E-state index contributed by atoms with van der Waals surface area (Å²) in [4.78, 5) is 0. The Morgan fingerprint density at radius 1 is 0.493 bits per heavy atom. The number of aryl methyl sites for hydroxylation is 3. The average molecular weight is 1150 g/mol. The maximum atomic E-state index is 11.5. The zero-order valence-corrected chi connectivity index (χ0v) is 37.8. The molecule has 0 atom stereocenters. The molecular weight excluding hydrogens is 1120 g/mol. The normalized spacial score (nSPS) is 13.7. The number of aliphatic hydroxyl groups is 1. The van der Waals surface area contributed by atoms with Crippen molar-refractivity contribution in [3.05, 3.63) is 45.7 Å². The van der Waals surface area contributed by atoms with Gasteiger partial charge in [0.15, 0.2) is 40.1 Å². The van der Waals surface area contributed by atoms with Crippen molar-refractivity contribution in [2.75, 3.05) is 6.61 Å². The minimum atomic E-state index is -6.72. The number of nitrogens with one attached hydrogen (secondary N) is 1. The van der Waals surface area contributed by atoms with E-state index in [1.807, 2.05) is 30.3 Å². The number of alkyl halides is 18. The van der Waals surface area contributed by atoms with Crippen LogP contribution in [0, 0.1) is 0 Å². The van der Waals surface area contributed by atoms with E-state index in [1.54, 1.807) is 0 Å². The maximum Gasteiger partial charge on any atom is 0.512 e. The van der Waals surface area contributed by atoms with Gasteiger partial charge in [0.25, 0.3) is 0 Å².